The maximum absolute atomic E-state index is 12.2. The highest BCUT2D eigenvalue weighted by Crippen LogP contribution is 2.43. The minimum Gasteiger partial charge on any atom is -0.454 e. The molecule has 0 aromatic heterocycles. The molecule has 0 radical (unpaired) electrons. The molecule has 2 aliphatic carbocycles. The molecule has 2 fully saturated rings. The van der Waals surface area contributed by atoms with Gasteiger partial charge in [-0.25, -0.2) is 9.59 Å². The van der Waals surface area contributed by atoms with Crippen molar-refractivity contribution in [3.05, 3.63) is 22.3 Å². The first kappa shape index (κ1) is 12.2. The van der Waals surface area contributed by atoms with E-state index in [-0.39, 0.29) is 24.1 Å². The van der Waals surface area contributed by atoms with Crippen LogP contribution in [0.1, 0.15) is 51.4 Å². The monoisotopic (exact) mass is 274 g/mol. The molecule has 0 N–H and O–H groups in total. The van der Waals surface area contributed by atoms with Gasteiger partial charge < -0.3 is 9.47 Å². The maximum atomic E-state index is 12.2. The van der Waals surface area contributed by atoms with Crippen molar-refractivity contribution in [2.24, 2.45) is 0 Å². The highest BCUT2D eigenvalue weighted by atomic mass is 16.6. The minimum absolute atomic E-state index is 0.0882. The highest BCUT2D eigenvalue weighted by molar-refractivity contribution is 6.10. The molecule has 0 bridgehead atoms. The largest absolute Gasteiger partial charge is 0.454 e. The van der Waals surface area contributed by atoms with E-state index < -0.39 is 0 Å². The second kappa shape index (κ2) is 4.47. The fraction of sp³-hybridized carbons (Fsp3) is 0.625. The van der Waals surface area contributed by atoms with E-state index >= 15 is 0 Å². The van der Waals surface area contributed by atoms with Gasteiger partial charge in [0.25, 0.3) is 0 Å². The van der Waals surface area contributed by atoms with Crippen LogP contribution < -0.4 is 0 Å². The van der Waals surface area contributed by atoms with Crippen molar-refractivity contribution < 1.29 is 19.1 Å². The molecule has 4 aliphatic rings. The fourth-order valence-electron chi connectivity index (χ4n) is 3.96. The molecule has 0 spiro atoms. The summed E-state index contributed by atoms with van der Waals surface area (Å²) in [4.78, 5) is 24.5. The molecule has 2 saturated carbocycles. The molecule has 0 unspecified atom stereocenters. The Bertz CT molecular complexity index is 505. The first-order valence-corrected chi connectivity index (χ1v) is 7.64. The number of hydrogen-bond donors (Lipinski definition) is 0. The Labute approximate surface area is 117 Å². The van der Waals surface area contributed by atoms with E-state index in [4.69, 9.17) is 9.47 Å². The molecule has 2 aliphatic heterocycles. The average Bonchev–Trinajstić information content (AvgIpc) is 2.94. The third-order valence-corrected chi connectivity index (χ3v) is 4.90. The summed E-state index contributed by atoms with van der Waals surface area (Å²) in [7, 11) is 0. The maximum Gasteiger partial charge on any atom is 0.339 e. The Morgan fingerprint density at radius 3 is 1.60 bits per heavy atom. The fourth-order valence-corrected chi connectivity index (χ4v) is 3.96. The van der Waals surface area contributed by atoms with Crippen LogP contribution in [0.5, 0.6) is 0 Å². The standard InChI is InChI=1S/C16H18O4/c17-15-13(9-5-1-3-7-11(9)19-15)14-10-6-2-4-8-12(10)20-16(14)18/h11-12H,1-8H2/t11-,12-/m0/s1. The van der Waals surface area contributed by atoms with Crippen LogP contribution in [-0.4, -0.2) is 24.1 Å². The molecule has 2 heterocycles. The van der Waals surface area contributed by atoms with Gasteiger partial charge in [-0.2, -0.15) is 0 Å². The summed E-state index contributed by atoms with van der Waals surface area (Å²) in [5.41, 5.74) is 3.21. The lowest BCUT2D eigenvalue weighted by Crippen LogP contribution is -2.15. The predicted molar refractivity (Wildman–Crippen MR) is 70.7 cm³/mol. The van der Waals surface area contributed by atoms with E-state index in [9.17, 15) is 9.59 Å². The smallest absolute Gasteiger partial charge is 0.339 e. The van der Waals surface area contributed by atoms with Gasteiger partial charge in [0.2, 0.25) is 0 Å². The van der Waals surface area contributed by atoms with Crippen molar-refractivity contribution in [3.63, 3.8) is 0 Å². The number of ether oxygens (including phenoxy) is 2. The minimum atomic E-state index is -0.308. The second-order valence-corrected chi connectivity index (χ2v) is 6.08. The van der Waals surface area contributed by atoms with E-state index in [1.54, 1.807) is 0 Å². The van der Waals surface area contributed by atoms with Crippen molar-refractivity contribution >= 4 is 11.9 Å². The quantitative estimate of drug-likeness (QED) is 0.690. The lowest BCUT2D eigenvalue weighted by atomic mass is 9.84. The van der Waals surface area contributed by atoms with Crippen molar-refractivity contribution in [2.75, 3.05) is 0 Å². The summed E-state index contributed by atoms with van der Waals surface area (Å²) in [5, 5.41) is 0. The van der Waals surface area contributed by atoms with Crippen LogP contribution in [0.2, 0.25) is 0 Å². The molecule has 4 heteroatoms. The number of fused-ring (bicyclic) bond motifs is 2. The van der Waals surface area contributed by atoms with Crippen LogP contribution >= 0.6 is 0 Å². The third-order valence-electron chi connectivity index (χ3n) is 4.90. The van der Waals surface area contributed by atoms with Crippen LogP contribution in [0.25, 0.3) is 0 Å². The van der Waals surface area contributed by atoms with Crippen molar-refractivity contribution in [1.29, 1.82) is 0 Å². The zero-order chi connectivity index (χ0) is 13.7. The average molecular weight is 274 g/mol. The van der Waals surface area contributed by atoms with Crippen LogP contribution in [0.15, 0.2) is 22.3 Å². The molecule has 0 aromatic carbocycles. The van der Waals surface area contributed by atoms with Gasteiger partial charge in [0.1, 0.15) is 12.2 Å². The molecule has 106 valence electrons. The number of esters is 2. The predicted octanol–water partition coefficient (Wildman–Crippen LogP) is 2.58. The van der Waals surface area contributed by atoms with Crippen molar-refractivity contribution in [3.8, 4) is 0 Å². The molecular formula is C16H18O4. The Hall–Kier alpha value is -1.58. The summed E-state index contributed by atoms with van der Waals surface area (Å²) in [6.45, 7) is 0. The molecule has 0 amide bonds. The summed E-state index contributed by atoms with van der Waals surface area (Å²) in [6.07, 6.45) is 7.70. The number of carbonyl (C=O) groups is 2. The van der Waals surface area contributed by atoms with Gasteiger partial charge in [-0.3, -0.25) is 0 Å². The van der Waals surface area contributed by atoms with E-state index in [1.165, 1.54) is 0 Å². The van der Waals surface area contributed by atoms with Gasteiger partial charge in [0, 0.05) is 0 Å². The molecule has 0 saturated heterocycles. The van der Waals surface area contributed by atoms with Crippen molar-refractivity contribution in [2.45, 2.75) is 63.6 Å². The molecule has 20 heavy (non-hydrogen) atoms. The Kier molecular flexibility index (Phi) is 2.72. The number of carbonyl (C=O) groups excluding carboxylic acids is 2. The summed E-state index contributed by atoms with van der Waals surface area (Å²) >= 11 is 0. The Morgan fingerprint density at radius 2 is 1.15 bits per heavy atom. The van der Waals surface area contributed by atoms with Gasteiger partial charge in [-0.05, 0) is 62.5 Å². The third kappa shape index (κ3) is 1.67. The van der Waals surface area contributed by atoms with Gasteiger partial charge in [-0.1, -0.05) is 0 Å². The topological polar surface area (TPSA) is 52.6 Å². The van der Waals surface area contributed by atoms with E-state index in [0.29, 0.717) is 11.1 Å². The van der Waals surface area contributed by atoms with E-state index in [0.717, 1.165) is 62.5 Å². The first-order valence-electron chi connectivity index (χ1n) is 7.64. The SMILES string of the molecule is O=C1O[C@H]2CCCCC2=C1C1=C2CCCC[C@@H]2OC1=O. The summed E-state index contributed by atoms with van der Waals surface area (Å²) in [5.74, 6) is -0.616. The van der Waals surface area contributed by atoms with Gasteiger partial charge in [0.15, 0.2) is 0 Å². The molecule has 0 aromatic rings. The van der Waals surface area contributed by atoms with Gasteiger partial charge >= 0.3 is 11.9 Å². The highest BCUT2D eigenvalue weighted by Gasteiger charge is 2.45. The molecule has 2 atom stereocenters. The lowest BCUT2D eigenvalue weighted by Gasteiger charge is -2.19. The van der Waals surface area contributed by atoms with Crippen LogP contribution in [0.4, 0.5) is 0 Å². The summed E-state index contributed by atoms with van der Waals surface area (Å²) < 4.78 is 10.9. The van der Waals surface area contributed by atoms with Gasteiger partial charge in [-0.15, -0.1) is 0 Å². The molecule has 4 nitrogen and oxygen atoms in total. The van der Waals surface area contributed by atoms with E-state index in [2.05, 4.69) is 0 Å². The molecular weight excluding hydrogens is 256 g/mol. The van der Waals surface area contributed by atoms with Gasteiger partial charge in [0.05, 0.1) is 11.1 Å². The first-order chi connectivity index (χ1) is 9.75. The zero-order valence-corrected chi connectivity index (χ0v) is 11.4. The number of hydrogen-bond acceptors (Lipinski definition) is 4. The van der Waals surface area contributed by atoms with Crippen molar-refractivity contribution in [1.82, 2.24) is 0 Å². The normalized spacial score (nSPS) is 33.0. The molecule has 4 rings (SSSR count). The van der Waals surface area contributed by atoms with Crippen LogP contribution in [0, 0.1) is 0 Å². The zero-order valence-electron chi connectivity index (χ0n) is 11.4. The number of rotatable bonds is 1. The van der Waals surface area contributed by atoms with E-state index in [1.807, 2.05) is 0 Å². The van der Waals surface area contributed by atoms with Crippen LogP contribution in [0.3, 0.4) is 0 Å². The Balaban J connectivity index is 1.82. The van der Waals surface area contributed by atoms with Crippen LogP contribution in [-0.2, 0) is 19.1 Å². The second-order valence-electron chi connectivity index (χ2n) is 6.08. The summed E-state index contributed by atoms with van der Waals surface area (Å²) in [6, 6.07) is 0. The Morgan fingerprint density at radius 1 is 0.700 bits per heavy atom. The lowest BCUT2D eigenvalue weighted by molar-refractivity contribution is -0.143.